The zero-order valence-electron chi connectivity index (χ0n) is 8.93. The van der Waals surface area contributed by atoms with Gasteiger partial charge < -0.3 is 20.3 Å². The third-order valence-electron chi connectivity index (χ3n) is 2.86. The number of esters is 1. The third-order valence-corrected chi connectivity index (χ3v) is 2.86. The van der Waals surface area contributed by atoms with E-state index in [1.165, 1.54) is 19.2 Å². The summed E-state index contributed by atoms with van der Waals surface area (Å²) >= 11 is 0. The maximum atomic E-state index is 11.4. The number of phenolic OH excluding ortho intramolecular Hbond substituents is 2. The molecular formula is C11H14NO4+. The Hall–Kier alpha value is -1.75. The number of fused-ring (bicyclic) bond motifs is 1. The number of rotatable bonds is 1. The highest BCUT2D eigenvalue weighted by Crippen LogP contribution is 2.29. The summed E-state index contributed by atoms with van der Waals surface area (Å²) in [6.45, 7) is 0.600. The van der Waals surface area contributed by atoms with Crippen LogP contribution >= 0.6 is 0 Å². The van der Waals surface area contributed by atoms with Crippen LogP contribution < -0.4 is 5.32 Å². The van der Waals surface area contributed by atoms with Crippen molar-refractivity contribution in [2.75, 3.05) is 7.11 Å². The number of benzene rings is 1. The van der Waals surface area contributed by atoms with Crippen molar-refractivity contribution in [1.82, 2.24) is 0 Å². The number of phenols is 2. The monoisotopic (exact) mass is 224 g/mol. The van der Waals surface area contributed by atoms with E-state index in [4.69, 9.17) is 0 Å². The fourth-order valence-corrected chi connectivity index (χ4v) is 1.96. The molecule has 1 aliphatic heterocycles. The van der Waals surface area contributed by atoms with Gasteiger partial charge in [-0.3, -0.25) is 0 Å². The molecule has 0 radical (unpaired) electrons. The van der Waals surface area contributed by atoms with Crippen molar-refractivity contribution < 1.29 is 25.1 Å². The molecular weight excluding hydrogens is 210 g/mol. The van der Waals surface area contributed by atoms with Crippen LogP contribution in [-0.4, -0.2) is 29.3 Å². The average molecular weight is 224 g/mol. The molecule has 0 saturated carbocycles. The Labute approximate surface area is 92.7 Å². The first-order valence-corrected chi connectivity index (χ1v) is 5.06. The first-order chi connectivity index (χ1) is 7.61. The Bertz CT molecular complexity index is 430. The summed E-state index contributed by atoms with van der Waals surface area (Å²) in [5.74, 6) is -0.536. The van der Waals surface area contributed by atoms with Crippen LogP contribution in [-0.2, 0) is 22.5 Å². The van der Waals surface area contributed by atoms with Gasteiger partial charge in [0, 0.05) is 12.0 Å². The maximum absolute atomic E-state index is 11.4. The Kier molecular flexibility index (Phi) is 2.70. The molecule has 1 heterocycles. The number of carbonyl (C=O) groups is 1. The SMILES string of the molecule is COC(=O)[C@H]1Cc2cc(O)c(O)cc2C[NH2+]1. The largest absolute Gasteiger partial charge is 0.504 e. The Morgan fingerprint density at radius 3 is 2.62 bits per heavy atom. The summed E-state index contributed by atoms with van der Waals surface area (Å²) in [4.78, 5) is 11.4. The fraction of sp³-hybridized carbons (Fsp3) is 0.364. The highest BCUT2D eigenvalue weighted by Gasteiger charge is 2.29. The van der Waals surface area contributed by atoms with Gasteiger partial charge in [0.25, 0.3) is 0 Å². The molecule has 0 amide bonds. The second kappa shape index (κ2) is 4.02. The molecule has 1 aromatic carbocycles. The van der Waals surface area contributed by atoms with Crippen LogP contribution in [0.4, 0.5) is 0 Å². The quantitative estimate of drug-likeness (QED) is 0.433. The van der Waals surface area contributed by atoms with Gasteiger partial charge in [-0.15, -0.1) is 0 Å². The van der Waals surface area contributed by atoms with Gasteiger partial charge in [-0.2, -0.15) is 0 Å². The molecule has 1 aliphatic rings. The smallest absolute Gasteiger partial charge is 0.364 e. The molecule has 5 nitrogen and oxygen atoms in total. The molecule has 0 aromatic heterocycles. The van der Waals surface area contributed by atoms with E-state index in [1.807, 2.05) is 5.32 Å². The summed E-state index contributed by atoms with van der Waals surface area (Å²) in [6.07, 6.45) is 0.510. The van der Waals surface area contributed by atoms with Gasteiger partial charge in [0.2, 0.25) is 0 Å². The van der Waals surface area contributed by atoms with Gasteiger partial charge >= 0.3 is 5.97 Å². The Morgan fingerprint density at radius 2 is 2.00 bits per heavy atom. The van der Waals surface area contributed by atoms with E-state index in [-0.39, 0.29) is 23.5 Å². The molecule has 4 N–H and O–H groups in total. The number of hydrogen-bond acceptors (Lipinski definition) is 4. The van der Waals surface area contributed by atoms with E-state index in [0.29, 0.717) is 13.0 Å². The number of methoxy groups -OCH3 is 1. The van der Waals surface area contributed by atoms with Crippen LogP contribution in [0.3, 0.4) is 0 Å². The van der Waals surface area contributed by atoms with Crippen molar-refractivity contribution in [2.45, 2.75) is 19.0 Å². The lowest BCUT2D eigenvalue weighted by Gasteiger charge is -2.21. The van der Waals surface area contributed by atoms with E-state index < -0.39 is 0 Å². The third kappa shape index (κ3) is 1.81. The molecule has 0 aliphatic carbocycles. The molecule has 5 heteroatoms. The minimum atomic E-state index is -0.266. The van der Waals surface area contributed by atoms with Crippen molar-refractivity contribution in [2.24, 2.45) is 0 Å². The topological polar surface area (TPSA) is 83.4 Å². The molecule has 2 rings (SSSR count). The maximum Gasteiger partial charge on any atom is 0.364 e. The molecule has 0 fully saturated rings. The summed E-state index contributed by atoms with van der Waals surface area (Å²) in [6, 6.07) is 2.78. The molecule has 1 atom stereocenters. The van der Waals surface area contributed by atoms with E-state index in [0.717, 1.165) is 11.1 Å². The first kappa shape index (κ1) is 10.8. The van der Waals surface area contributed by atoms with Crippen LogP contribution in [0.25, 0.3) is 0 Å². The number of nitrogens with two attached hydrogens (primary N) is 1. The minimum Gasteiger partial charge on any atom is -0.504 e. The van der Waals surface area contributed by atoms with Crippen molar-refractivity contribution >= 4 is 5.97 Å². The molecule has 0 spiro atoms. The highest BCUT2D eigenvalue weighted by atomic mass is 16.5. The average Bonchev–Trinajstić information content (AvgIpc) is 2.29. The van der Waals surface area contributed by atoms with E-state index in [9.17, 15) is 15.0 Å². The second-order valence-electron chi connectivity index (χ2n) is 3.88. The molecule has 1 aromatic rings. The predicted molar refractivity (Wildman–Crippen MR) is 54.9 cm³/mol. The van der Waals surface area contributed by atoms with Gasteiger partial charge in [0.05, 0.1) is 7.11 Å². The molecule has 0 unspecified atom stereocenters. The number of aromatic hydroxyl groups is 2. The van der Waals surface area contributed by atoms with Gasteiger partial charge in [-0.05, 0) is 17.7 Å². The van der Waals surface area contributed by atoms with Crippen LogP contribution in [0.5, 0.6) is 11.5 Å². The molecule has 0 saturated heterocycles. The number of carbonyl (C=O) groups excluding carboxylic acids is 1. The van der Waals surface area contributed by atoms with Crippen LogP contribution in [0.1, 0.15) is 11.1 Å². The van der Waals surface area contributed by atoms with E-state index >= 15 is 0 Å². The summed E-state index contributed by atoms with van der Waals surface area (Å²) < 4.78 is 4.68. The number of ether oxygens (including phenoxy) is 1. The van der Waals surface area contributed by atoms with Crippen LogP contribution in [0.2, 0.25) is 0 Å². The standard InChI is InChI=1S/C11H13NO4/c1-16-11(15)8-2-6-3-9(13)10(14)4-7(6)5-12-8/h3-4,8,12-14H,2,5H2,1H3/p+1/t8-/m1/s1. The summed E-state index contributed by atoms with van der Waals surface area (Å²) in [5, 5.41) is 20.6. The zero-order valence-corrected chi connectivity index (χ0v) is 8.93. The van der Waals surface area contributed by atoms with Gasteiger partial charge in [0.1, 0.15) is 6.54 Å². The lowest BCUT2D eigenvalue weighted by atomic mass is 9.95. The Balaban J connectivity index is 2.27. The molecule has 0 bridgehead atoms. The van der Waals surface area contributed by atoms with Crippen molar-refractivity contribution in [3.05, 3.63) is 23.3 Å². The van der Waals surface area contributed by atoms with Gasteiger partial charge in [0.15, 0.2) is 17.5 Å². The summed E-state index contributed by atoms with van der Waals surface area (Å²) in [7, 11) is 1.36. The van der Waals surface area contributed by atoms with Crippen molar-refractivity contribution in [3.8, 4) is 11.5 Å². The fourth-order valence-electron chi connectivity index (χ4n) is 1.96. The van der Waals surface area contributed by atoms with Crippen molar-refractivity contribution in [1.29, 1.82) is 0 Å². The van der Waals surface area contributed by atoms with Gasteiger partial charge in [-0.25, -0.2) is 4.79 Å². The lowest BCUT2D eigenvalue weighted by Crippen LogP contribution is -2.92. The van der Waals surface area contributed by atoms with E-state index in [2.05, 4.69) is 4.74 Å². The highest BCUT2D eigenvalue weighted by molar-refractivity contribution is 5.74. The molecule has 16 heavy (non-hydrogen) atoms. The Morgan fingerprint density at radius 1 is 1.38 bits per heavy atom. The molecule has 86 valence electrons. The summed E-state index contributed by atoms with van der Waals surface area (Å²) in [5.41, 5.74) is 1.82. The predicted octanol–water partition coefficient (Wildman–Crippen LogP) is -0.741. The van der Waals surface area contributed by atoms with Crippen molar-refractivity contribution in [3.63, 3.8) is 0 Å². The lowest BCUT2D eigenvalue weighted by molar-refractivity contribution is -0.696. The van der Waals surface area contributed by atoms with Crippen LogP contribution in [0.15, 0.2) is 12.1 Å². The normalized spacial score (nSPS) is 18.9. The van der Waals surface area contributed by atoms with E-state index in [1.54, 1.807) is 0 Å². The second-order valence-corrected chi connectivity index (χ2v) is 3.88. The number of hydrogen-bond donors (Lipinski definition) is 3. The van der Waals surface area contributed by atoms with Crippen LogP contribution in [0, 0.1) is 0 Å². The number of quaternary nitrogens is 1. The zero-order chi connectivity index (χ0) is 11.7. The minimum absolute atomic E-state index is 0.122. The van der Waals surface area contributed by atoms with Gasteiger partial charge in [-0.1, -0.05) is 0 Å². The first-order valence-electron chi connectivity index (χ1n) is 5.06.